The Kier molecular flexibility index (Phi) is 2.65. The first-order valence-electron chi connectivity index (χ1n) is 7.07. The maximum atomic E-state index is 12.9. The Morgan fingerprint density at radius 3 is 2.59 bits per heavy atom. The van der Waals surface area contributed by atoms with Gasteiger partial charge in [-0.3, -0.25) is 9.59 Å². The molecule has 4 atom stereocenters. The van der Waals surface area contributed by atoms with Gasteiger partial charge in [-0.05, 0) is 19.1 Å². The molecule has 0 saturated carbocycles. The predicted octanol–water partition coefficient (Wildman–Crippen LogP) is 1.54. The third-order valence-corrected chi connectivity index (χ3v) is 5.22. The number of aliphatic hydroxyl groups is 1. The summed E-state index contributed by atoms with van der Waals surface area (Å²) in [6, 6.07) is 6.74. The first-order valence-corrected chi connectivity index (χ1v) is 7.45. The molecule has 2 bridgehead atoms. The van der Waals surface area contributed by atoms with E-state index in [4.69, 9.17) is 16.3 Å². The molecular formula is C16H14ClNO4. The molecule has 3 aliphatic rings. The summed E-state index contributed by atoms with van der Waals surface area (Å²) in [6.45, 7) is 1.43. The van der Waals surface area contributed by atoms with Gasteiger partial charge in [-0.25, -0.2) is 4.90 Å². The summed E-state index contributed by atoms with van der Waals surface area (Å²) in [7, 11) is 0. The summed E-state index contributed by atoms with van der Waals surface area (Å²) in [4.78, 5) is 26.9. The van der Waals surface area contributed by atoms with Crippen LogP contribution in [-0.2, 0) is 14.3 Å². The molecular weight excluding hydrogens is 306 g/mol. The number of rotatable bonds is 2. The molecule has 1 N–H and O–H groups in total. The molecule has 5 nitrogen and oxygen atoms in total. The van der Waals surface area contributed by atoms with Crippen LogP contribution >= 0.6 is 11.6 Å². The van der Waals surface area contributed by atoms with Crippen molar-refractivity contribution in [3.63, 3.8) is 0 Å². The van der Waals surface area contributed by atoms with Gasteiger partial charge in [-0.1, -0.05) is 35.9 Å². The van der Waals surface area contributed by atoms with E-state index in [0.717, 1.165) is 4.90 Å². The van der Waals surface area contributed by atoms with Crippen molar-refractivity contribution in [2.24, 2.45) is 11.8 Å². The average Bonchev–Trinajstić information content (AvgIpc) is 3.07. The average molecular weight is 320 g/mol. The molecule has 0 aliphatic carbocycles. The Balaban J connectivity index is 1.84. The number of nitrogens with zero attached hydrogens (tertiary/aromatic N) is 1. The Morgan fingerprint density at radius 1 is 1.23 bits per heavy atom. The highest BCUT2D eigenvalue weighted by atomic mass is 35.5. The van der Waals surface area contributed by atoms with Gasteiger partial charge in [0.2, 0.25) is 11.8 Å². The van der Waals surface area contributed by atoms with Crippen LogP contribution in [0.1, 0.15) is 6.92 Å². The second-order valence-electron chi connectivity index (χ2n) is 6.15. The van der Waals surface area contributed by atoms with E-state index >= 15 is 0 Å². The molecule has 3 heterocycles. The fourth-order valence-corrected chi connectivity index (χ4v) is 4.13. The molecule has 0 unspecified atom stereocenters. The van der Waals surface area contributed by atoms with Gasteiger partial charge in [-0.2, -0.15) is 0 Å². The molecule has 0 aromatic heterocycles. The first-order chi connectivity index (χ1) is 10.4. The molecule has 4 rings (SSSR count). The lowest BCUT2D eigenvalue weighted by molar-refractivity contribution is -0.131. The summed E-state index contributed by atoms with van der Waals surface area (Å²) < 4.78 is 5.86. The van der Waals surface area contributed by atoms with Crippen molar-refractivity contribution in [3.8, 4) is 0 Å². The van der Waals surface area contributed by atoms with Crippen LogP contribution in [-0.4, -0.2) is 34.7 Å². The van der Waals surface area contributed by atoms with E-state index in [1.807, 2.05) is 0 Å². The number of hydrogen-bond donors (Lipinski definition) is 1. The third-order valence-electron chi connectivity index (χ3n) is 4.90. The number of para-hydroxylation sites is 1. The summed E-state index contributed by atoms with van der Waals surface area (Å²) in [5, 5.41) is 10.1. The lowest BCUT2D eigenvalue weighted by Gasteiger charge is -2.27. The van der Waals surface area contributed by atoms with Crippen molar-refractivity contribution in [1.82, 2.24) is 0 Å². The van der Waals surface area contributed by atoms with Crippen LogP contribution in [0.25, 0.3) is 0 Å². The minimum Gasteiger partial charge on any atom is -0.393 e. The highest BCUT2D eigenvalue weighted by Gasteiger charge is 2.72. The number of imide groups is 1. The van der Waals surface area contributed by atoms with Crippen molar-refractivity contribution in [2.45, 2.75) is 18.1 Å². The second-order valence-corrected chi connectivity index (χ2v) is 6.56. The highest BCUT2D eigenvalue weighted by Crippen LogP contribution is 2.57. The summed E-state index contributed by atoms with van der Waals surface area (Å²) in [6.07, 6.45) is 3.47. The molecule has 0 radical (unpaired) electrons. The van der Waals surface area contributed by atoms with Gasteiger partial charge in [-0.15, -0.1) is 0 Å². The number of ether oxygens (including phenoxy) is 1. The van der Waals surface area contributed by atoms with Gasteiger partial charge in [0.1, 0.15) is 5.60 Å². The number of hydrogen-bond acceptors (Lipinski definition) is 4. The van der Waals surface area contributed by atoms with Crippen molar-refractivity contribution in [2.75, 3.05) is 11.5 Å². The lowest BCUT2D eigenvalue weighted by atomic mass is 9.73. The zero-order valence-electron chi connectivity index (χ0n) is 11.8. The number of aliphatic hydroxyl groups excluding tert-OH is 1. The zero-order valence-corrected chi connectivity index (χ0v) is 12.6. The fraction of sp³-hybridized carbons (Fsp3) is 0.375. The maximum absolute atomic E-state index is 12.9. The molecule has 1 aromatic carbocycles. The van der Waals surface area contributed by atoms with Crippen LogP contribution in [0.5, 0.6) is 0 Å². The first kappa shape index (κ1) is 13.9. The van der Waals surface area contributed by atoms with Crippen LogP contribution < -0.4 is 4.90 Å². The Labute approximate surface area is 132 Å². The van der Waals surface area contributed by atoms with Gasteiger partial charge in [0.15, 0.2) is 0 Å². The largest absolute Gasteiger partial charge is 0.393 e. The fourth-order valence-electron chi connectivity index (χ4n) is 3.91. The lowest BCUT2D eigenvalue weighted by Crippen LogP contribution is -2.43. The van der Waals surface area contributed by atoms with Crippen molar-refractivity contribution < 1.29 is 19.4 Å². The topological polar surface area (TPSA) is 66.8 Å². The van der Waals surface area contributed by atoms with Crippen LogP contribution in [0.4, 0.5) is 5.69 Å². The van der Waals surface area contributed by atoms with Crippen LogP contribution in [0.15, 0.2) is 36.4 Å². The van der Waals surface area contributed by atoms with E-state index in [1.54, 1.807) is 43.3 Å². The summed E-state index contributed by atoms with van der Waals surface area (Å²) in [5.74, 6) is -2.04. The Morgan fingerprint density at radius 2 is 1.91 bits per heavy atom. The van der Waals surface area contributed by atoms with Crippen LogP contribution in [0, 0.1) is 11.8 Å². The van der Waals surface area contributed by atoms with Crippen LogP contribution in [0.3, 0.4) is 0 Å². The van der Waals surface area contributed by atoms with E-state index in [-0.39, 0.29) is 18.4 Å². The number of carbonyl (C=O) groups is 2. The van der Waals surface area contributed by atoms with E-state index in [2.05, 4.69) is 0 Å². The number of carbonyl (C=O) groups excluding carboxylic acids is 2. The Bertz CT molecular complexity index is 733. The van der Waals surface area contributed by atoms with Crippen molar-refractivity contribution in [3.05, 3.63) is 41.4 Å². The molecule has 1 aromatic rings. The van der Waals surface area contributed by atoms with Gasteiger partial charge in [0.05, 0.1) is 34.8 Å². The molecule has 3 aliphatic heterocycles. The van der Waals surface area contributed by atoms with Crippen molar-refractivity contribution in [1.29, 1.82) is 0 Å². The molecule has 2 fully saturated rings. The number of halogens is 1. The molecule has 6 heteroatoms. The SMILES string of the molecule is C[C@@]12C=C[C@@](CO)(O1)[C@H]1C(=O)N(c3ccccc3Cl)C(=O)[C@H]12. The van der Waals surface area contributed by atoms with Gasteiger partial charge in [0.25, 0.3) is 0 Å². The monoisotopic (exact) mass is 319 g/mol. The summed E-state index contributed by atoms with van der Waals surface area (Å²) >= 11 is 6.14. The zero-order chi connectivity index (χ0) is 15.7. The quantitative estimate of drug-likeness (QED) is 0.663. The third kappa shape index (κ3) is 1.46. The van der Waals surface area contributed by atoms with Crippen LogP contribution in [0.2, 0.25) is 5.02 Å². The number of benzene rings is 1. The second kappa shape index (κ2) is 4.19. The molecule has 0 spiro atoms. The number of amides is 2. The van der Waals surface area contributed by atoms with Gasteiger partial charge < -0.3 is 9.84 Å². The van der Waals surface area contributed by atoms with Crippen molar-refractivity contribution >= 4 is 29.1 Å². The number of fused-ring (bicyclic) bond motifs is 5. The van der Waals surface area contributed by atoms with E-state index in [0.29, 0.717) is 10.7 Å². The molecule has 114 valence electrons. The molecule has 2 amide bonds. The summed E-state index contributed by atoms with van der Waals surface area (Å²) in [5.41, 5.74) is -1.59. The number of anilines is 1. The predicted molar refractivity (Wildman–Crippen MR) is 79.4 cm³/mol. The smallest absolute Gasteiger partial charge is 0.241 e. The maximum Gasteiger partial charge on any atom is 0.241 e. The minimum absolute atomic E-state index is 0.328. The molecule has 2 saturated heterocycles. The van der Waals surface area contributed by atoms with E-state index in [9.17, 15) is 14.7 Å². The minimum atomic E-state index is -1.11. The van der Waals surface area contributed by atoms with E-state index < -0.39 is 23.0 Å². The standard InChI is InChI=1S/C16H14ClNO4/c1-15-6-7-16(8-19,22-15)12-11(15)13(20)18(14(12)21)10-5-3-2-4-9(10)17/h2-7,11-12,19H,8H2,1H3/t11-,12+,15-,16-/m0/s1. The van der Waals surface area contributed by atoms with Gasteiger partial charge in [0, 0.05) is 0 Å². The molecule has 22 heavy (non-hydrogen) atoms. The normalized spacial score (nSPS) is 39.0. The van der Waals surface area contributed by atoms with Gasteiger partial charge >= 0.3 is 0 Å². The van der Waals surface area contributed by atoms with E-state index in [1.165, 1.54) is 0 Å². The Hall–Kier alpha value is -1.69. The highest BCUT2D eigenvalue weighted by molar-refractivity contribution is 6.36.